The van der Waals surface area contributed by atoms with Crippen LogP contribution in [0.15, 0.2) is 11.2 Å². The van der Waals surface area contributed by atoms with Crippen molar-refractivity contribution in [3.8, 4) is 0 Å². The normalized spacial score (nSPS) is 18.2. The predicted octanol–water partition coefficient (Wildman–Crippen LogP) is 2.42. The number of thiazole rings is 1. The van der Waals surface area contributed by atoms with Gasteiger partial charge in [-0.05, 0) is 45.4 Å². The van der Waals surface area contributed by atoms with E-state index >= 15 is 0 Å². The van der Waals surface area contributed by atoms with E-state index in [4.69, 9.17) is 4.99 Å². The average molecular weight is 350 g/mol. The molecule has 0 aromatic carbocycles. The molecule has 2 aliphatic rings. The van der Waals surface area contributed by atoms with E-state index in [0.29, 0.717) is 0 Å². The first kappa shape index (κ1) is 17.7. The van der Waals surface area contributed by atoms with Crippen LogP contribution in [0.3, 0.4) is 0 Å². The number of aromatic nitrogens is 1. The Bertz CT molecular complexity index is 533. The van der Waals surface area contributed by atoms with E-state index in [1.165, 1.54) is 42.1 Å². The van der Waals surface area contributed by atoms with Crippen LogP contribution in [0.25, 0.3) is 0 Å². The zero-order valence-corrected chi connectivity index (χ0v) is 15.9. The van der Waals surface area contributed by atoms with Crippen LogP contribution < -0.4 is 10.6 Å². The molecule has 2 fully saturated rings. The Balaban J connectivity index is 1.40. The van der Waals surface area contributed by atoms with Crippen LogP contribution >= 0.6 is 11.3 Å². The molecular weight excluding hydrogens is 318 g/mol. The maximum Gasteiger partial charge on any atom is 0.191 e. The fourth-order valence-electron chi connectivity index (χ4n) is 2.93. The second-order valence-electron chi connectivity index (χ2n) is 6.97. The molecule has 3 rings (SSSR count). The third-order valence-corrected chi connectivity index (χ3v) is 5.53. The summed E-state index contributed by atoms with van der Waals surface area (Å²) in [6, 6.07) is 0.851. The van der Waals surface area contributed by atoms with Crippen LogP contribution in [0.2, 0.25) is 0 Å². The Morgan fingerprint density at radius 2 is 2.17 bits per heavy atom. The molecule has 2 saturated carbocycles. The van der Waals surface area contributed by atoms with Gasteiger partial charge in [-0.2, -0.15) is 0 Å². The lowest BCUT2D eigenvalue weighted by molar-refractivity contribution is 0.260. The minimum absolute atomic E-state index is 0.851. The Hall–Kier alpha value is -1.14. The quantitative estimate of drug-likeness (QED) is 0.503. The third kappa shape index (κ3) is 6.06. The number of rotatable bonds is 10. The molecular formula is C18H31N5S. The third-order valence-electron chi connectivity index (χ3n) is 4.55. The van der Waals surface area contributed by atoms with Gasteiger partial charge in [0.25, 0.3) is 0 Å². The van der Waals surface area contributed by atoms with E-state index in [-0.39, 0.29) is 0 Å². The monoisotopic (exact) mass is 349 g/mol. The second kappa shape index (κ2) is 8.81. The zero-order valence-electron chi connectivity index (χ0n) is 15.1. The summed E-state index contributed by atoms with van der Waals surface area (Å²) >= 11 is 1.78. The summed E-state index contributed by atoms with van der Waals surface area (Å²) in [5.74, 6) is 1.91. The molecule has 0 unspecified atom stereocenters. The van der Waals surface area contributed by atoms with Gasteiger partial charge in [0.2, 0.25) is 0 Å². The topological polar surface area (TPSA) is 52.6 Å². The molecule has 6 heteroatoms. The Kier molecular flexibility index (Phi) is 6.49. The highest BCUT2D eigenvalue weighted by Gasteiger charge is 2.33. The number of hydrogen-bond acceptors (Lipinski definition) is 4. The molecule has 0 amide bonds. The Morgan fingerprint density at radius 3 is 2.79 bits per heavy atom. The lowest BCUT2D eigenvalue weighted by atomic mass is 10.3. The van der Waals surface area contributed by atoms with Crippen molar-refractivity contribution < 1.29 is 0 Å². The molecule has 0 atom stereocenters. The lowest BCUT2D eigenvalue weighted by Crippen LogP contribution is -2.39. The summed E-state index contributed by atoms with van der Waals surface area (Å²) in [6.07, 6.45) is 8.56. The molecule has 1 heterocycles. The molecule has 1 aromatic rings. The summed E-state index contributed by atoms with van der Waals surface area (Å²) in [6.45, 7) is 9.29. The first-order valence-corrected chi connectivity index (χ1v) is 10.2. The average Bonchev–Trinajstić information content (AvgIpc) is 3.46. The number of nitrogens with one attached hydrogen (secondary N) is 2. The number of guanidine groups is 1. The molecule has 0 spiro atoms. The van der Waals surface area contributed by atoms with Gasteiger partial charge in [0.15, 0.2) is 5.96 Å². The summed E-state index contributed by atoms with van der Waals surface area (Å²) in [5, 5.41) is 7.98. The van der Waals surface area contributed by atoms with Crippen LogP contribution in [0.1, 0.15) is 42.5 Å². The fourth-order valence-corrected chi connectivity index (χ4v) is 3.72. The van der Waals surface area contributed by atoms with Crippen molar-refractivity contribution in [2.24, 2.45) is 10.9 Å². The van der Waals surface area contributed by atoms with Gasteiger partial charge in [-0.1, -0.05) is 0 Å². The van der Waals surface area contributed by atoms with Gasteiger partial charge < -0.3 is 10.6 Å². The summed E-state index contributed by atoms with van der Waals surface area (Å²) in [4.78, 5) is 13.1. The Labute approximate surface area is 150 Å². The molecule has 134 valence electrons. The van der Waals surface area contributed by atoms with Gasteiger partial charge in [-0.25, -0.2) is 4.98 Å². The van der Waals surface area contributed by atoms with Gasteiger partial charge in [0, 0.05) is 49.7 Å². The molecule has 2 aliphatic carbocycles. The van der Waals surface area contributed by atoms with Crippen molar-refractivity contribution in [1.82, 2.24) is 20.5 Å². The summed E-state index contributed by atoms with van der Waals surface area (Å²) in [5.41, 5.74) is 0. The van der Waals surface area contributed by atoms with Crippen LogP contribution in [0.5, 0.6) is 0 Å². The van der Waals surface area contributed by atoms with Crippen molar-refractivity contribution in [1.29, 1.82) is 0 Å². The van der Waals surface area contributed by atoms with E-state index in [1.807, 2.05) is 6.20 Å². The molecule has 5 nitrogen and oxygen atoms in total. The van der Waals surface area contributed by atoms with Crippen molar-refractivity contribution in [2.45, 2.75) is 52.0 Å². The van der Waals surface area contributed by atoms with Crippen LogP contribution in [0, 0.1) is 12.8 Å². The first-order valence-electron chi connectivity index (χ1n) is 9.42. The van der Waals surface area contributed by atoms with Gasteiger partial charge in [-0.3, -0.25) is 9.89 Å². The SMILES string of the molecule is CCNC(=NCCN(CC1CC1)C1CC1)NCCc1ncc(C)s1. The molecule has 0 saturated heterocycles. The highest BCUT2D eigenvalue weighted by atomic mass is 32.1. The van der Waals surface area contributed by atoms with Crippen molar-refractivity contribution >= 4 is 17.3 Å². The predicted molar refractivity (Wildman–Crippen MR) is 102 cm³/mol. The summed E-state index contributed by atoms with van der Waals surface area (Å²) in [7, 11) is 0. The minimum Gasteiger partial charge on any atom is -0.357 e. The maximum atomic E-state index is 4.76. The maximum absolute atomic E-state index is 4.76. The van der Waals surface area contributed by atoms with Crippen molar-refractivity contribution in [3.05, 3.63) is 16.1 Å². The van der Waals surface area contributed by atoms with E-state index in [0.717, 1.165) is 50.5 Å². The van der Waals surface area contributed by atoms with Crippen LogP contribution in [-0.2, 0) is 6.42 Å². The minimum atomic E-state index is 0.851. The van der Waals surface area contributed by atoms with Gasteiger partial charge >= 0.3 is 0 Å². The molecule has 24 heavy (non-hydrogen) atoms. The van der Waals surface area contributed by atoms with E-state index in [1.54, 1.807) is 11.3 Å². The Morgan fingerprint density at radius 1 is 1.33 bits per heavy atom. The molecule has 1 aromatic heterocycles. The van der Waals surface area contributed by atoms with Crippen LogP contribution in [-0.4, -0.2) is 54.6 Å². The number of aryl methyl sites for hydroxylation is 1. The van der Waals surface area contributed by atoms with Crippen molar-refractivity contribution in [3.63, 3.8) is 0 Å². The molecule has 0 radical (unpaired) electrons. The smallest absolute Gasteiger partial charge is 0.191 e. The van der Waals surface area contributed by atoms with Gasteiger partial charge in [0.1, 0.15) is 0 Å². The second-order valence-corrected chi connectivity index (χ2v) is 8.29. The molecule has 2 N–H and O–H groups in total. The van der Waals surface area contributed by atoms with Crippen LogP contribution in [0.4, 0.5) is 0 Å². The standard InChI is InChI=1S/C18H31N5S/c1-3-19-18(20-9-8-17-22-12-14(2)24-17)21-10-11-23(16-6-7-16)13-15-4-5-15/h12,15-16H,3-11,13H2,1-2H3,(H2,19,20,21). The fraction of sp³-hybridized carbons (Fsp3) is 0.778. The lowest BCUT2D eigenvalue weighted by Gasteiger charge is -2.21. The van der Waals surface area contributed by atoms with E-state index in [9.17, 15) is 0 Å². The van der Waals surface area contributed by atoms with Gasteiger partial charge in [0.05, 0.1) is 11.6 Å². The van der Waals surface area contributed by atoms with E-state index < -0.39 is 0 Å². The first-order chi connectivity index (χ1) is 11.7. The zero-order chi connectivity index (χ0) is 16.8. The highest BCUT2D eigenvalue weighted by molar-refractivity contribution is 7.11. The highest BCUT2D eigenvalue weighted by Crippen LogP contribution is 2.34. The number of hydrogen-bond donors (Lipinski definition) is 2. The number of nitrogens with zero attached hydrogens (tertiary/aromatic N) is 3. The summed E-state index contributed by atoms with van der Waals surface area (Å²) < 4.78 is 0. The largest absolute Gasteiger partial charge is 0.357 e. The van der Waals surface area contributed by atoms with Crippen molar-refractivity contribution in [2.75, 3.05) is 32.7 Å². The van der Waals surface area contributed by atoms with Gasteiger partial charge in [-0.15, -0.1) is 11.3 Å². The number of aliphatic imine (C=N–C) groups is 1. The molecule has 0 bridgehead atoms. The molecule has 0 aliphatic heterocycles. The van der Waals surface area contributed by atoms with E-state index in [2.05, 4.69) is 34.4 Å².